The molecule has 0 rings (SSSR count). The number of hydrogen-bond donors (Lipinski definition) is 0. The number of rotatable bonds is 21. The molecule has 0 unspecified atom stereocenters. The van der Waals surface area contributed by atoms with Gasteiger partial charge in [-0.3, -0.25) is 4.79 Å². The quantitative estimate of drug-likeness (QED) is 0.195. The molecule has 143 valence electrons. The van der Waals surface area contributed by atoms with E-state index in [1.807, 2.05) is 6.29 Å². The van der Waals surface area contributed by atoms with Gasteiger partial charge in [0.05, 0.1) is 0 Å². The minimum absolute atomic E-state index is 0.633. The van der Waals surface area contributed by atoms with Crippen LogP contribution in [0, 0.1) is 0 Å². The summed E-state index contributed by atoms with van der Waals surface area (Å²) >= 11 is 2.14. The lowest BCUT2D eigenvalue weighted by Gasteiger charge is -2.04. The van der Waals surface area contributed by atoms with Gasteiger partial charge in [0.1, 0.15) is 0 Å². The van der Waals surface area contributed by atoms with Crippen molar-refractivity contribution < 1.29 is 4.79 Å². The highest BCUT2D eigenvalue weighted by atomic mass is 32.2. The van der Waals surface area contributed by atoms with Crippen LogP contribution in [0.2, 0.25) is 0 Å². The molecule has 0 heterocycles. The molecule has 0 saturated carbocycles. The Kier molecular flexibility index (Phi) is 23.0. The van der Waals surface area contributed by atoms with Crippen LogP contribution < -0.4 is 0 Å². The second kappa shape index (κ2) is 23.0. The molecule has 0 atom stereocenters. The Bertz CT molecular complexity index is 230. The number of unbranched alkanes of at least 4 members (excludes halogenated alkanes) is 16. The fourth-order valence-electron chi connectivity index (χ4n) is 3.08. The van der Waals surface area contributed by atoms with Gasteiger partial charge in [-0.2, -0.15) is 11.8 Å². The summed E-state index contributed by atoms with van der Waals surface area (Å²) in [5.74, 6) is 2.69. The molecule has 0 aliphatic rings. The summed E-state index contributed by atoms with van der Waals surface area (Å²) < 4.78 is 0. The Labute approximate surface area is 157 Å². The Morgan fingerprint density at radius 2 is 0.917 bits per heavy atom. The maximum Gasteiger partial charge on any atom is 0.198 e. The number of hydrogen-bond acceptors (Lipinski definition) is 2. The van der Waals surface area contributed by atoms with E-state index in [-0.39, 0.29) is 0 Å². The summed E-state index contributed by atoms with van der Waals surface area (Å²) in [5, 5.41) is 0. The van der Waals surface area contributed by atoms with Crippen LogP contribution in [0.3, 0.4) is 0 Å². The van der Waals surface area contributed by atoms with Crippen molar-refractivity contribution in [1.29, 1.82) is 0 Å². The SMILES string of the molecule is CCCCCCCCCCCCCCSCCCCCCC[C]=O. The van der Waals surface area contributed by atoms with Gasteiger partial charge in [0.25, 0.3) is 0 Å². The van der Waals surface area contributed by atoms with Crippen LogP contribution in [0.15, 0.2) is 0 Å². The van der Waals surface area contributed by atoms with Gasteiger partial charge >= 0.3 is 0 Å². The zero-order valence-electron chi connectivity index (χ0n) is 16.5. The van der Waals surface area contributed by atoms with Crippen molar-refractivity contribution in [3.05, 3.63) is 0 Å². The monoisotopic (exact) mass is 355 g/mol. The zero-order chi connectivity index (χ0) is 17.6. The van der Waals surface area contributed by atoms with Crippen LogP contribution in [0.1, 0.15) is 122 Å². The summed E-state index contributed by atoms with van der Waals surface area (Å²) in [6.07, 6.45) is 26.1. The molecule has 0 aromatic carbocycles. The third-order valence-corrected chi connectivity index (χ3v) is 5.86. The lowest BCUT2D eigenvalue weighted by atomic mass is 10.1. The zero-order valence-corrected chi connectivity index (χ0v) is 17.3. The predicted molar refractivity (Wildman–Crippen MR) is 112 cm³/mol. The topological polar surface area (TPSA) is 17.1 Å². The molecule has 0 fully saturated rings. The van der Waals surface area contributed by atoms with E-state index in [2.05, 4.69) is 18.7 Å². The second-order valence-electron chi connectivity index (χ2n) is 7.16. The van der Waals surface area contributed by atoms with Crippen LogP contribution in [0.25, 0.3) is 0 Å². The van der Waals surface area contributed by atoms with Gasteiger partial charge in [0, 0.05) is 6.42 Å². The maximum absolute atomic E-state index is 10.1. The Morgan fingerprint density at radius 3 is 1.33 bits per heavy atom. The van der Waals surface area contributed by atoms with E-state index >= 15 is 0 Å². The van der Waals surface area contributed by atoms with Crippen LogP contribution in [-0.2, 0) is 4.79 Å². The van der Waals surface area contributed by atoms with E-state index in [0.717, 1.165) is 6.42 Å². The first-order valence-corrected chi connectivity index (χ1v) is 12.0. The van der Waals surface area contributed by atoms with Crippen LogP contribution >= 0.6 is 11.8 Å². The number of thioether (sulfide) groups is 1. The minimum atomic E-state index is 0.633. The molecule has 0 aromatic rings. The molecule has 0 aromatic heterocycles. The largest absolute Gasteiger partial charge is 0.291 e. The fourth-order valence-corrected chi connectivity index (χ4v) is 4.10. The Morgan fingerprint density at radius 1 is 0.542 bits per heavy atom. The van der Waals surface area contributed by atoms with E-state index in [1.54, 1.807) is 0 Å². The van der Waals surface area contributed by atoms with Crippen molar-refractivity contribution in [2.45, 2.75) is 122 Å². The summed E-state index contributed by atoms with van der Waals surface area (Å²) in [6.45, 7) is 2.29. The van der Waals surface area contributed by atoms with E-state index < -0.39 is 0 Å². The van der Waals surface area contributed by atoms with Gasteiger partial charge < -0.3 is 0 Å². The molecule has 0 N–H and O–H groups in total. The first kappa shape index (κ1) is 24.0. The second-order valence-corrected chi connectivity index (χ2v) is 8.39. The van der Waals surface area contributed by atoms with E-state index in [0.29, 0.717) is 6.42 Å². The highest BCUT2D eigenvalue weighted by Crippen LogP contribution is 2.14. The van der Waals surface area contributed by atoms with Gasteiger partial charge in [-0.05, 0) is 30.8 Å². The first-order valence-electron chi connectivity index (χ1n) is 10.8. The van der Waals surface area contributed by atoms with Crippen molar-refractivity contribution in [2.24, 2.45) is 0 Å². The molecule has 0 spiro atoms. The highest BCUT2D eigenvalue weighted by Gasteiger charge is 1.95. The third-order valence-electron chi connectivity index (χ3n) is 4.71. The van der Waals surface area contributed by atoms with Crippen LogP contribution in [0.4, 0.5) is 0 Å². The van der Waals surface area contributed by atoms with Gasteiger partial charge in [0.2, 0.25) is 0 Å². The smallest absolute Gasteiger partial charge is 0.198 e. The Balaban J connectivity index is 2.94. The summed E-state index contributed by atoms with van der Waals surface area (Å²) in [6, 6.07) is 0. The van der Waals surface area contributed by atoms with Crippen molar-refractivity contribution in [1.82, 2.24) is 0 Å². The molecular formula is C22H43OS. The molecule has 0 aliphatic carbocycles. The van der Waals surface area contributed by atoms with Gasteiger partial charge in [-0.1, -0.05) is 96.8 Å². The third kappa shape index (κ3) is 22.0. The van der Waals surface area contributed by atoms with Crippen LogP contribution in [0.5, 0.6) is 0 Å². The normalized spacial score (nSPS) is 11.0. The Hall–Kier alpha value is 0.0200. The van der Waals surface area contributed by atoms with Crippen molar-refractivity contribution in [3.8, 4) is 0 Å². The van der Waals surface area contributed by atoms with Crippen molar-refractivity contribution in [2.75, 3.05) is 11.5 Å². The van der Waals surface area contributed by atoms with Gasteiger partial charge in [-0.25, -0.2) is 0 Å². The first-order chi connectivity index (χ1) is 11.9. The minimum Gasteiger partial charge on any atom is -0.291 e. The van der Waals surface area contributed by atoms with Gasteiger partial charge in [-0.15, -0.1) is 0 Å². The number of carbonyl (C=O) groups excluding carboxylic acids is 1. The van der Waals surface area contributed by atoms with Gasteiger partial charge in [0.15, 0.2) is 6.29 Å². The molecule has 1 radical (unpaired) electrons. The van der Waals surface area contributed by atoms with Crippen LogP contribution in [-0.4, -0.2) is 17.8 Å². The summed E-state index contributed by atoms with van der Waals surface area (Å²) in [4.78, 5) is 10.1. The lowest BCUT2D eigenvalue weighted by Crippen LogP contribution is -1.87. The summed E-state index contributed by atoms with van der Waals surface area (Å²) in [7, 11) is 0. The molecule has 1 nitrogen and oxygen atoms in total. The fraction of sp³-hybridized carbons (Fsp3) is 0.955. The van der Waals surface area contributed by atoms with E-state index in [9.17, 15) is 4.79 Å². The molecule has 2 heteroatoms. The molecule has 0 bridgehead atoms. The molecular weight excluding hydrogens is 312 g/mol. The molecule has 0 amide bonds. The van der Waals surface area contributed by atoms with Crippen molar-refractivity contribution >= 4 is 18.0 Å². The maximum atomic E-state index is 10.1. The molecule has 24 heavy (non-hydrogen) atoms. The molecule has 0 saturated heterocycles. The van der Waals surface area contributed by atoms with E-state index in [4.69, 9.17) is 0 Å². The lowest BCUT2D eigenvalue weighted by molar-refractivity contribution is 0.543. The molecule has 0 aliphatic heterocycles. The standard InChI is InChI=1S/C22H43OS/c1-2-3-4-5-6-7-8-9-10-12-15-18-21-24-22-19-16-13-11-14-17-20-23/h2-19,21-22H2,1H3. The van der Waals surface area contributed by atoms with Crippen molar-refractivity contribution in [3.63, 3.8) is 0 Å². The predicted octanol–water partition coefficient (Wildman–Crippen LogP) is 7.87. The average Bonchev–Trinajstić information content (AvgIpc) is 2.60. The highest BCUT2D eigenvalue weighted by molar-refractivity contribution is 7.99. The summed E-state index contributed by atoms with van der Waals surface area (Å²) in [5.41, 5.74) is 0. The van der Waals surface area contributed by atoms with E-state index in [1.165, 1.54) is 114 Å². The average molecular weight is 356 g/mol.